The molecule has 0 bridgehead atoms. The van der Waals surface area contributed by atoms with Crippen LogP contribution in [0.15, 0.2) is 42.5 Å². The summed E-state index contributed by atoms with van der Waals surface area (Å²) in [7, 11) is 0. The summed E-state index contributed by atoms with van der Waals surface area (Å²) in [5.41, 5.74) is 0.378. The van der Waals surface area contributed by atoms with Crippen molar-refractivity contribution in [1.82, 2.24) is 0 Å². The van der Waals surface area contributed by atoms with Gasteiger partial charge in [0.05, 0.1) is 5.56 Å². The molecule has 0 spiro atoms. The second kappa shape index (κ2) is 12.0. The van der Waals surface area contributed by atoms with E-state index < -0.39 is 29.8 Å². The molecule has 4 atom stereocenters. The number of benzene rings is 2. The summed E-state index contributed by atoms with van der Waals surface area (Å²) < 4.78 is 72.2. The molecule has 4 rings (SSSR count). The molecule has 0 amide bonds. The fraction of sp³-hybridized carbons (Fsp3) is 0.467. The van der Waals surface area contributed by atoms with Gasteiger partial charge < -0.3 is 4.74 Å². The zero-order chi connectivity index (χ0) is 25.7. The SMILES string of the molecule is C/C=C/CCC1CCC2CC(c3cc(F)c(C#Cc4ccc(OC(F)F)c(F)c4)c(F)c3)CCC2C1. The Kier molecular flexibility index (Phi) is 8.72. The molecule has 192 valence electrons. The predicted molar refractivity (Wildman–Crippen MR) is 130 cm³/mol. The Hall–Kier alpha value is -2.81. The molecule has 2 saturated carbocycles. The summed E-state index contributed by atoms with van der Waals surface area (Å²) in [6, 6.07) is 5.91. The van der Waals surface area contributed by atoms with Crippen LogP contribution in [0.3, 0.4) is 0 Å². The molecule has 4 unspecified atom stereocenters. The normalized spacial score (nSPS) is 23.9. The first kappa shape index (κ1) is 26.3. The smallest absolute Gasteiger partial charge is 0.387 e. The number of hydrogen-bond acceptors (Lipinski definition) is 1. The monoisotopic (exact) mass is 502 g/mol. The molecular weight excluding hydrogens is 471 g/mol. The van der Waals surface area contributed by atoms with E-state index in [1.165, 1.54) is 43.9 Å². The summed E-state index contributed by atoms with van der Waals surface area (Å²) in [6.07, 6.45) is 13.4. The molecule has 0 aliphatic heterocycles. The number of ether oxygens (including phenoxy) is 1. The molecule has 0 aromatic heterocycles. The van der Waals surface area contributed by atoms with Crippen LogP contribution in [0.5, 0.6) is 5.75 Å². The van der Waals surface area contributed by atoms with Gasteiger partial charge in [-0.1, -0.05) is 30.4 Å². The average molecular weight is 503 g/mol. The molecule has 2 aliphatic carbocycles. The third kappa shape index (κ3) is 6.49. The van der Waals surface area contributed by atoms with Crippen molar-refractivity contribution in [3.63, 3.8) is 0 Å². The van der Waals surface area contributed by atoms with Crippen molar-refractivity contribution in [1.29, 1.82) is 0 Å². The van der Waals surface area contributed by atoms with E-state index in [1.54, 1.807) is 0 Å². The molecule has 1 nitrogen and oxygen atoms in total. The van der Waals surface area contributed by atoms with Gasteiger partial charge >= 0.3 is 6.61 Å². The van der Waals surface area contributed by atoms with Crippen LogP contribution >= 0.6 is 0 Å². The average Bonchev–Trinajstić information content (AvgIpc) is 2.84. The van der Waals surface area contributed by atoms with Crippen LogP contribution in [0, 0.1) is 47.0 Å². The van der Waals surface area contributed by atoms with E-state index >= 15 is 0 Å². The van der Waals surface area contributed by atoms with Gasteiger partial charge in [0.2, 0.25) is 0 Å². The van der Waals surface area contributed by atoms with Crippen LogP contribution in [0.4, 0.5) is 22.0 Å². The van der Waals surface area contributed by atoms with Gasteiger partial charge in [-0.3, -0.25) is 0 Å². The molecule has 2 aromatic rings. The number of allylic oxidation sites excluding steroid dienone is 2. The van der Waals surface area contributed by atoms with E-state index in [9.17, 15) is 22.0 Å². The Labute approximate surface area is 209 Å². The number of halogens is 5. The van der Waals surface area contributed by atoms with Crippen molar-refractivity contribution in [2.24, 2.45) is 17.8 Å². The van der Waals surface area contributed by atoms with Crippen LogP contribution < -0.4 is 4.74 Å². The largest absolute Gasteiger partial charge is 0.432 e. The van der Waals surface area contributed by atoms with Crippen molar-refractivity contribution in [2.75, 3.05) is 0 Å². The molecular formula is C30H31F5O. The Morgan fingerprint density at radius 2 is 1.64 bits per heavy atom. The molecule has 0 heterocycles. The lowest BCUT2D eigenvalue weighted by Gasteiger charge is -2.42. The lowest BCUT2D eigenvalue weighted by atomic mass is 9.63. The topological polar surface area (TPSA) is 9.23 Å². The van der Waals surface area contributed by atoms with Crippen LogP contribution in [0.1, 0.15) is 80.9 Å². The summed E-state index contributed by atoms with van der Waals surface area (Å²) in [5, 5.41) is 0. The predicted octanol–water partition coefficient (Wildman–Crippen LogP) is 8.76. The highest BCUT2D eigenvalue weighted by Gasteiger charge is 2.36. The Morgan fingerprint density at radius 3 is 2.33 bits per heavy atom. The first-order chi connectivity index (χ1) is 17.3. The fourth-order valence-electron chi connectivity index (χ4n) is 5.90. The molecule has 6 heteroatoms. The maximum absolute atomic E-state index is 14.9. The first-order valence-corrected chi connectivity index (χ1v) is 12.7. The van der Waals surface area contributed by atoms with Crippen molar-refractivity contribution in [3.05, 3.63) is 76.6 Å². The minimum absolute atomic E-state index is 0.0941. The van der Waals surface area contributed by atoms with E-state index in [-0.39, 0.29) is 17.0 Å². The van der Waals surface area contributed by atoms with Gasteiger partial charge in [-0.05, 0) is 111 Å². The van der Waals surface area contributed by atoms with Crippen molar-refractivity contribution in [2.45, 2.75) is 70.8 Å². The van der Waals surface area contributed by atoms with Crippen molar-refractivity contribution >= 4 is 0 Å². The molecule has 2 fully saturated rings. The van der Waals surface area contributed by atoms with E-state index in [0.29, 0.717) is 17.4 Å². The second-order valence-electron chi connectivity index (χ2n) is 9.99. The standard InChI is InChI=1S/C30H31F5O/c1-2-3-4-5-19-6-9-22-16-23(11-10-21(22)14-19)24-17-26(31)25(27(32)18-24)12-7-20-8-13-29(28(33)15-20)36-30(34)35/h2-3,8,13,15,17-19,21-23,30H,4-6,9-11,14,16H2,1H3/b3-2+. The lowest BCUT2D eigenvalue weighted by molar-refractivity contribution is -0.0521. The zero-order valence-corrected chi connectivity index (χ0v) is 20.4. The van der Waals surface area contributed by atoms with Crippen molar-refractivity contribution in [3.8, 4) is 17.6 Å². The highest BCUT2D eigenvalue weighted by Crippen LogP contribution is 2.48. The quantitative estimate of drug-likeness (QED) is 0.218. The van der Waals surface area contributed by atoms with Gasteiger partial charge in [0.25, 0.3) is 0 Å². The molecule has 2 aliphatic rings. The van der Waals surface area contributed by atoms with E-state index in [0.717, 1.165) is 43.7 Å². The Bertz CT molecular complexity index is 1120. The number of rotatable bonds is 6. The number of alkyl halides is 2. The number of hydrogen-bond donors (Lipinski definition) is 0. The molecule has 0 N–H and O–H groups in total. The summed E-state index contributed by atoms with van der Waals surface area (Å²) >= 11 is 0. The van der Waals surface area contributed by atoms with Gasteiger partial charge in [-0.15, -0.1) is 0 Å². The Morgan fingerprint density at radius 1 is 0.917 bits per heavy atom. The van der Waals surface area contributed by atoms with Crippen LogP contribution in [0.25, 0.3) is 0 Å². The van der Waals surface area contributed by atoms with Gasteiger partial charge in [-0.2, -0.15) is 8.78 Å². The van der Waals surface area contributed by atoms with Crippen LogP contribution in [0.2, 0.25) is 0 Å². The minimum Gasteiger partial charge on any atom is -0.432 e. The lowest BCUT2D eigenvalue weighted by Crippen LogP contribution is -2.30. The van der Waals surface area contributed by atoms with Crippen LogP contribution in [-0.4, -0.2) is 6.61 Å². The highest BCUT2D eigenvalue weighted by molar-refractivity contribution is 5.47. The van der Waals surface area contributed by atoms with Gasteiger partial charge in [0.15, 0.2) is 11.6 Å². The van der Waals surface area contributed by atoms with Crippen LogP contribution in [-0.2, 0) is 0 Å². The van der Waals surface area contributed by atoms with Crippen molar-refractivity contribution < 1.29 is 26.7 Å². The molecule has 0 radical (unpaired) electrons. The Balaban J connectivity index is 1.42. The summed E-state index contributed by atoms with van der Waals surface area (Å²) in [4.78, 5) is 0. The fourth-order valence-corrected chi connectivity index (χ4v) is 5.90. The highest BCUT2D eigenvalue weighted by atomic mass is 19.3. The maximum Gasteiger partial charge on any atom is 0.387 e. The minimum atomic E-state index is -3.16. The van der Waals surface area contributed by atoms with E-state index in [4.69, 9.17) is 0 Å². The molecule has 0 saturated heterocycles. The van der Waals surface area contributed by atoms with Gasteiger partial charge in [-0.25, -0.2) is 13.2 Å². The summed E-state index contributed by atoms with van der Waals surface area (Å²) in [5.74, 6) is 4.04. The maximum atomic E-state index is 14.9. The van der Waals surface area contributed by atoms with E-state index in [1.807, 2.05) is 0 Å². The third-order valence-corrected chi connectivity index (χ3v) is 7.71. The first-order valence-electron chi connectivity index (χ1n) is 12.7. The number of fused-ring (bicyclic) bond motifs is 1. The summed E-state index contributed by atoms with van der Waals surface area (Å²) in [6.45, 7) is -1.10. The van der Waals surface area contributed by atoms with Gasteiger partial charge in [0, 0.05) is 5.56 Å². The zero-order valence-electron chi connectivity index (χ0n) is 20.4. The molecule has 36 heavy (non-hydrogen) atoms. The second-order valence-corrected chi connectivity index (χ2v) is 9.99. The third-order valence-electron chi connectivity index (χ3n) is 7.71. The van der Waals surface area contributed by atoms with Gasteiger partial charge in [0.1, 0.15) is 11.6 Å². The van der Waals surface area contributed by atoms with E-state index in [2.05, 4.69) is 35.7 Å². The molecule has 2 aromatic carbocycles.